The van der Waals surface area contributed by atoms with E-state index in [2.05, 4.69) is 5.32 Å². The van der Waals surface area contributed by atoms with Crippen LogP contribution >= 0.6 is 0 Å². The van der Waals surface area contributed by atoms with Gasteiger partial charge in [-0.1, -0.05) is 0 Å². The fraction of sp³-hybridized carbons (Fsp3) is 0.857. The van der Waals surface area contributed by atoms with Crippen LogP contribution in [-0.4, -0.2) is 79.5 Å². The summed E-state index contributed by atoms with van der Waals surface area (Å²) in [6.45, 7) is 1.94. The molecule has 1 unspecified atom stereocenters. The van der Waals surface area contributed by atoms with E-state index in [0.29, 0.717) is 19.6 Å². The van der Waals surface area contributed by atoms with Gasteiger partial charge in [0.25, 0.3) is 5.92 Å². The van der Waals surface area contributed by atoms with Crippen LogP contribution in [0.25, 0.3) is 0 Å². The minimum atomic E-state index is -2.92. The van der Waals surface area contributed by atoms with Crippen LogP contribution in [0.3, 0.4) is 0 Å². The van der Waals surface area contributed by atoms with Crippen molar-refractivity contribution >= 4 is 11.8 Å². The summed E-state index contributed by atoms with van der Waals surface area (Å²) in [5.41, 5.74) is 0. The lowest BCUT2D eigenvalue weighted by atomic mass is 10.1. The van der Waals surface area contributed by atoms with Crippen molar-refractivity contribution in [3.8, 4) is 0 Å². The first-order chi connectivity index (χ1) is 10.4. The molecule has 0 saturated carbocycles. The molecule has 2 saturated heterocycles. The number of amides is 2. The van der Waals surface area contributed by atoms with E-state index in [1.165, 1.54) is 11.8 Å². The molecular formula is C14H23F2N3O3. The molecule has 0 radical (unpaired) electrons. The summed E-state index contributed by atoms with van der Waals surface area (Å²) >= 11 is 0. The van der Waals surface area contributed by atoms with Crippen molar-refractivity contribution in [1.29, 1.82) is 0 Å². The predicted molar refractivity (Wildman–Crippen MR) is 75.6 cm³/mol. The number of ether oxygens (including phenoxy) is 1. The van der Waals surface area contributed by atoms with E-state index in [4.69, 9.17) is 4.74 Å². The summed E-state index contributed by atoms with van der Waals surface area (Å²) in [6, 6.07) is -0.0518. The van der Waals surface area contributed by atoms with Crippen molar-refractivity contribution in [3.63, 3.8) is 0 Å². The fourth-order valence-electron chi connectivity index (χ4n) is 2.90. The number of rotatable bonds is 3. The van der Waals surface area contributed by atoms with E-state index < -0.39 is 19.1 Å². The van der Waals surface area contributed by atoms with Crippen LogP contribution in [0.15, 0.2) is 0 Å². The van der Waals surface area contributed by atoms with Crippen LogP contribution in [0.5, 0.6) is 0 Å². The van der Waals surface area contributed by atoms with Gasteiger partial charge in [-0.25, -0.2) is 8.78 Å². The number of hydrogen-bond acceptors (Lipinski definition) is 4. The molecule has 1 N–H and O–H groups in total. The molecule has 2 aliphatic heterocycles. The molecule has 0 spiro atoms. The van der Waals surface area contributed by atoms with Gasteiger partial charge in [-0.2, -0.15) is 0 Å². The van der Waals surface area contributed by atoms with Gasteiger partial charge in [0.05, 0.1) is 19.7 Å². The normalized spacial score (nSPS) is 26.3. The lowest BCUT2D eigenvalue weighted by Crippen LogP contribution is -2.52. The average molecular weight is 319 g/mol. The molecule has 0 aromatic heterocycles. The number of nitrogens with zero attached hydrogens (tertiary/aromatic N) is 2. The van der Waals surface area contributed by atoms with Crippen molar-refractivity contribution < 1.29 is 23.1 Å². The fourth-order valence-corrected chi connectivity index (χ4v) is 2.90. The summed E-state index contributed by atoms with van der Waals surface area (Å²) in [6.07, 6.45) is 1.63. The Labute approximate surface area is 128 Å². The molecule has 6 nitrogen and oxygen atoms in total. The van der Waals surface area contributed by atoms with Gasteiger partial charge in [0, 0.05) is 32.6 Å². The molecule has 2 rings (SSSR count). The molecule has 2 amide bonds. The van der Waals surface area contributed by atoms with Gasteiger partial charge in [-0.15, -0.1) is 0 Å². The third-order valence-corrected chi connectivity index (χ3v) is 3.86. The molecule has 2 fully saturated rings. The second-order valence-corrected chi connectivity index (χ2v) is 6.00. The first kappa shape index (κ1) is 17.1. The Bertz CT molecular complexity index is 420. The van der Waals surface area contributed by atoms with E-state index >= 15 is 0 Å². The standard InChI is InChI=1S/C14H23F2N3O3/c1-11(20)17-12-3-2-4-19(7-12)13(21)8-18-5-6-22-10-14(15,16)9-18/h12H,2-10H2,1H3,(H,17,20). The van der Waals surface area contributed by atoms with Crippen LogP contribution in [0.4, 0.5) is 8.78 Å². The number of alkyl halides is 2. The first-order valence-corrected chi connectivity index (χ1v) is 7.58. The number of nitrogens with one attached hydrogen (secondary N) is 1. The van der Waals surface area contributed by atoms with Crippen molar-refractivity contribution in [2.45, 2.75) is 31.7 Å². The van der Waals surface area contributed by atoms with Gasteiger partial charge in [0.2, 0.25) is 11.8 Å². The second kappa shape index (κ2) is 7.32. The molecule has 0 aliphatic carbocycles. The molecule has 2 aliphatic rings. The Morgan fingerprint density at radius 1 is 1.36 bits per heavy atom. The number of halogens is 2. The van der Waals surface area contributed by atoms with Crippen LogP contribution in [0, 0.1) is 0 Å². The highest BCUT2D eigenvalue weighted by atomic mass is 19.3. The monoisotopic (exact) mass is 319 g/mol. The average Bonchev–Trinajstić information content (AvgIpc) is 2.58. The zero-order chi connectivity index (χ0) is 16.2. The summed E-state index contributed by atoms with van der Waals surface area (Å²) < 4.78 is 31.8. The zero-order valence-electron chi connectivity index (χ0n) is 12.8. The number of carbonyl (C=O) groups is 2. The molecule has 2 heterocycles. The molecule has 0 aromatic carbocycles. The minimum absolute atomic E-state index is 0.0360. The van der Waals surface area contributed by atoms with Gasteiger partial charge in [-0.05, 0) is 12.8 Å². The zero-order valence-corrected chi connectivity index (χ0v) is 12.8. The lowest BCUT2D eigenvalue weighted by molar-refractivity contribution is -0.135. The van der Waals surface area contributed by atoms with Gasteiger partial charge in [0.1, 0.15) is 6.61 Å². The van der Waals surface area contributed by atoms with E-state index in [1.54, 1.807) is 4.90 Å². The van der Waals surface area contributed by atoms with Crippen LogP contribution in [0.2, 0.25) is 0 Å². The summed E-state index contributed by atoms with van der Waals surface area (Å²) in [5.74, 6) is -3.21. The Kier molecular flexibility index (Phi) is 5.69. The number of hydrogen-bond donors (Lipinski definition) is 1. The topological polar surface area (TPSA) is 61.9 Å². The Hall–Kier alpha value is -1.28. The van der Waals surface area contributed by atoms with Crippen molar-refractivity contribution in [2.24, 2.45) is 0 Å². The SMILES string of the molecule is CC(=O)NC1CCCN(C(=O)CN2CCOCC(F)(F)C2)C1. The Balaban J connectivity index is 1.86. The molecule has 126 valence electrons. The lowest BCUT2D eigenvalue weighted by Gasteiger charge is -2.34. The second-order valence-electron chi connectivity index (χ2n) is 6.00. The van der Waals surface area contributed by atoms with Gasteiger partial charge in [0.15, 0.2) is 0 Å². The van der Waals surface area contributed by atoms with Crippen LogP contribution < -0.4 is 5.32 Å². The Morgan fingerprint density at radius 3 is 2.86 bits per heavy atom. The van der Waals surface area contributed by atoms with Crippen molar-refractivity contribution in [2.75, 3.05) is 45.9 Å². The molecule has 8 heteroatoms. The minimum Gasteiger partial charge on any atom is -0.374 e. The van der Waals surface area contributed by atoms with E-state index in [-0.39, 0.29) is 31.0 Å². The first-order valence-electron chi connectivity index (χ1n) is 7.58. The van der Waals surface area contributed by atoms with Crippen LogP contribution in [0.1, 0.15) is 19.8 Å². The van der Waals surface area contributed by atoms with E-state index in [0.717, 1.165) is 12.8 Å². The molecule has 22 heavy (non-hydrogen) atoms. The predicted octanol–water partition coefficient (Wildman–Crippen LogP) is 0.0810. The maximum atomic E-state index is 13.5. The maximum Gasteiger partial charge on any atom is 0.283 e. The van der Waals surface area contributed by atoms with Gasteiger partial charge < -0.3 is 15.0 Å². The number of piperidine rings is 1. The molecular weight excluding hydrogens is 296 g/mol. The maximum absolute atomic E-state index is 13.5. The quantitative estimate of drug-likeness (QED) is 0.800. The van der Waals surface area contributed by atoms with Gasteiger partial charge in [-0.3, -0.25) is 14.5 Å². The van der Waals surface area contributed by atoms with Crippen molar-refractivity contribution in [3.05, 3.63) is 0 Å². The molecule has 1 atom stereocenters. The molecule has 0 aromatic rings. The largest absolute Gasteiger partial charge is 0.374 e. The number of carbonyl (C=O) groups excluding carboxylic acids is 2. The highest BCUT2D eigenvalue weighted by molar-refractivity contribution is 5.78. The Morgan fingerprint density at radius 2 is 2.14 bits per heavy atom. The van der Waals surface area contributed by atoms with Crippen LogP contribution in [-0.2, 0) is 14.3 Å². The summed E-state index contributed by atoms with van der Waals surface area (Å²) in [4.78, 5) is 26.5. The number of likely N-dealkylation sites (tertiary alicyclic amines) is 1. The highest BCUT2D eigenvalue weighted by Crippen LogP contribution is 2.19. The molecule has 0 bridgehead atoms. The summed E-state index contributed by atoms with van der Waals surface area (Å²) in [7, 11) is 0. The highest BCUT2D eigenvalue weighted by Gasteiger charge is 2.35. The van der Waals surface area contributed by atoms with Crippen molar-refractivity contribution in [1.82, 2.24) is 15.1 Å². The smallest absolute Gasteiger partial charge is 0.283 e. The summed E-state index contributed by atoms with van der Waals surface area (Å²) in [5, 5.41) is 2.81. The third-order valence-electron chi connectivity index (χ3n) is 3.86. The van der Waals surface area contributed by atoms with Gasteiger partial charge >= 0.3 is 0 Å². The third kappa shape index (κ3) is 5.17. The van der Waals surface area contributed by atoms with E-state index in [1.807, 2.05) is 0 Å². The van der Waals surface area contributed by atoms with E-state index in [9.17, 15) is 18.4 Å².